The maximum atomic E-state index is 13.5. The standard InChI is InChI=1S/C20H17F2NO4/c1-12(25)19(18(26)11-24)23-20(27)15-6-3-13(4-7-15)2-5-14-8-9-16(21)10-17(14)22/h3-4,6-10,12,19,24-25H,11H2,1H3,(H,23,27)/t12-,19+/m1/s1. The van der Waals surface area contributed by atoms with Crippen molar-refractivity contribution in [3.8, 4) is 11.8 Å². The minimum atomic E-state index is -1.22. The SMILES string of the molecule is C[C@@H](O)[C@H](NC(=O)c1ccc(C#Cc2ccc(F)cc2F)cc1)C(=O)CO. The number of benzene rings is 2. The molecule has 0 aliphatic heterocycles. The molecule has 0 radical (unpaired) electrons. The van der Waals surface area contributed by atoms with E-state index in [4.69, 9.17) is 5.11 Å². The quantitative estimate of drug-likeness (QED) is 0.692. The molecular weight excluding hydrogens is 356 g/mol. The van der Waals surface area contributed by atoms with Crippen LogP contribution in [-0.2, 0) is 4.79 Å². The molecule has 0 saturated carbocycles. The van der Waals surface area contributed by atoms with Gasteiger partial charge in [0, 0.05) is 17.2 Å². The van der Waals surface area contributed by atoms with Crippen molar-refractivity contribution in [2.45, 2.75) is 19.1 Å². The third kappa shape index (κ3) is 5.45. The van der Waals surface area contributed by atoms with Crippen LogP contribution in [-0.4, -0.2) is 40.7 Å². The number of ketones is 1. The first-order valence-corrected chi connectivity index (χ1v) is 8.01. The molecular formula is C20H17F2NO4. The van der Waals surface area contributed by atoms with Gasteiger partial charge in [0.25, 0.3) is 5.91 Å². The second-order valence-electron chi connectivity index (χ2n) is 5.77. The molecule has 0 fully saturated rings. The van der Waals surface area contributed by atoms with Crippen molar-refractivity contribution in [1.82, 2.24) is 5.32 Å². The Kier molecular flexibility index (Phi) is 6.77. The summed E-state index contributed by atoms with van der Waals surface area (Å²) in [7, 11) is 0. The number of Topliss-reactive ketones (excluding diaryl/α,β-unsaturated/α-hetero) is 1. The van der Waals surface area contributed by atoms with E-state index < -0.39 is 42.1 Å². The maximum absolute atomic E-state index is 13.5. The Labute approximate surface area is 154 Å². The first kappa shape index (κ1) is 20.2. The molecule has 27 heavy (non-hydrogen) atoms. The largest absolute Gasteiger partial charge is 0.391 e. The molecule has 2 atom stereocenters. The number of rotatable bonds is 5. The lowest BCUT2D eigenvalue weighted by molar-refractivity contribution is -0.125. The summed E-state index contributed by atoms with van der Waals surface area (Å²) >= 11 is 0. The minimum absolute atomic E-state index is 0.0421. The lowest BCUT2D eigenvalue weighted by Crippen LogP contribution is -2.48. The molecule has 0 heterocycles. The van der Waals surface area contributed by atoms with Crippen molar-refractivity contribution in [3.05, 3.63) is 70.8 Å². The first-order valence-electron chi connectivity index (χ1n) is 8.01. The molecule has 0 spiro atoms. The number of aliphatic hydroxyl groups excluding tert-OH is 2. The molecule has 5 nitrogen and oxygen atoms in total. The van der Waals surface area contributed by atoms with Gasteiger partial charge in [-0.1, -0.05) is 11.8 Å². The van der Waals surface area contributed by atoms with Gasteiger partial charge >= 0.3 is 0 Å². The molecule has 0 unspecified atom stereocenters. The topological polar surface area (TPSA) is 86.6 Å². The van der Waals surface area contributed by atoms with Gasteiger partial charge in [-0.2, -0.15) is 0 Å². The maximum Gasteiger partial charge on any atom is 0.251 e. The number of hydrogen-bond donors (Lipinski definition) is 3. The average molecular weight is 373 g/mol. The van der Waals surface area contributed by atoms with Crippen molar-refractivity contribution in [2.24, 2.45) is 0 Å². The summed E-state index contributed by atoms with van der Waals surface area (Å²) in [5, 5.41) is 20.8. The molecule has 0 aliphatic rings. The third-order valence-electron chi connectivity index (χ3n) is 3.69. The Morgan fingerprint density at radius 2 is 1.78 bits per heavy atom. The predicted octanol–water partition coefficient (Wildman–Crippen LogP) is 1.41. The highest BCUT2D eigenvalue weighted by Gasteiger charge is 2.25. The molecule has 2 aromatic carbocycles. The van der Waals surface area contributed by atoms with Crippen molar-refractivity contribution in [2.75, 3.05) is 6.61 Å². The highest BCUT2D eigenvalue weighted by Crippen LogP contribution is 2.09. The van der Waals surface area contributed by atoms with Crippen LogP contribution in [0.15, 0.2) is 42.5 Å². The third-order valence-corrected chi connectivity index (χ3v) is 3.69. The highest BCUT2D eigenvalue weighted by atomic mass is 19.1. The van der Waals surface area contributed by atoms with E-state index in [0.29, 0.717) is 5.56 Å². The van der Waals surface area contributed by atoms with Gasteiger partial charge in [-0.05, 0) is 43.3 Å². The number of aliphatic hydroxyl groups is 2. The van der Waals surface area contributed by atoms with Crippen LogP contribution in [0.5, 0.6) is 0 Å². The van der Waals surface area contributed by atoms with E-state index in [-0.39, 0.29) is 11.1 Å². The van der Waals surface area contributed by atoms with E-state index in [1.54, 1.807) is 0 Å². The molecule has 3 N–H and O–H groups in total. The summed E-state index contributed by atoms with van der Waals surface area (Å²) in [6.07, 6.45) is -1.16. The van der Waals surface area contributed by atoms with Crippen molar-refractivity contribution < 1.29 is 28.6 Å². The second kappa shape index (κ2) is 9.03. The summed E-state index contributed by atoms with van der Waals surface area (Å²) in [4.78, 5) is 23.7. The molecule has 0 aliphatic carbocycles. The van der Waals surface area contributed by atoms with Gasteiger partial charge in [-0.25, -0.2) is 8.78 Å². The Bertz CT molecular complexity index is 898. The fraction of sp³-hybridized carbons (Fsp3) is 0.200. The molecule has 140 valence electrons. The average Bonchev–Trinajstić information content (AvgIpc) is 2.64. The number of nitrogens with one attached hydrogen (secondary N) is 1. The lowest BCUT2D eigenvalue weighted by atomic mass is 10.1. The fourth-order valence-electron chi connectivity index (χ4n) is 2.23. The zero-order valence-corrected chi connectivity index (χ0v) is 14.4. The molecule has 0 saturated heterocycles. The van der Waals surface area contributed by atoms with Crippen molar-refractivity contribution in [1.29, 1.82) is 0 Å². The van der Waals surface area contributed by atoms with E-state index in [1.165, 1.54) is 37.3 Å². The number of halogens is 2. The van der Waals surface area contributed by atoms with E-state index in [1.807, 2.05) is 0 Å². The van der Waals surface area contributed by atoms with Crippen LogP contribution in [0.3, 0.4) is 0 Å². The smallest absolute Gasteiger partial charge is 0.251 e. The second-order valence-corrected chi connectivity index (χ2v) is 5.77. The molecule has 0 bridgehead atoms. The van der Waals surface area contributed by atoms with E-state index >= 15 is 0 Å². The van der Waals surface area contributed by atoms with E-state index in [0.717, 1.165) is 12.1 Å². The summed E-state index contributed by atoms with van der Waals surface area (Å²) < 4.78 is 26.4. The van der Waals surface area contributed by atoms with Gasteiger partial charge in [0.05, 0.1) is 11.7 Å². The van der Waals surface area contributed by atoms with Crippen LogP contribution in [0, 0.1) is 23.5 Å². The minimum Gasteiger partial charge on any atom is -0.391 e. The Morgan fingerprint density at radius 1 is 1.11 bits per heavy atom. The van der Waals surface area contributed by atoms with Gasteiger partial charge in [-0.3, -0.25) is 9.59 Å². The van der Waals surface area contributed by atoms with Crippen LogP contribution in [0.25, 0.3) is 0 Å². The fourth-order valence-corrected chi connectivity index (χ4v) is 2.23. The van der Waals surface area contributed by atoms with Crippen LogP contribution < -0.4 is 5.32 Å². The Balaban J connectivity index is 2.12. The molecule has 1 amide bonds. The Morgan fingerprint density at radius 3 is 2.33 bits per heavy atom. The summed E-state index contributed by atoms with van der Waals surface area (Å²) in [6, 6.07) is 7.79. The zero-order valence-electron chi connectivity index (χ0n) is 14.4. The lowest BCUT2D eigenvalue weighted by Gasteiger charge is -2.19. The summed E-state index contributed by atoms with van der Waals surface area (Å²) in [5.41, 5.74) is 0.749. The number of hydrogen-bond acceptors (Lipinski definition) is 4. The first-order chi connectivity index (χ1) is 12.8. The van der Waals surface area contributed by atoms with Crippen LogP contribution >= 0.6 is 0 Å². The zero-order chi connectivity index (χ0) is 20.0. The molecule has 2 aromatic rings. The van der Waals surface area contributed by atoms with E-state index in [9.17, 15) is 23.5 Å². The van der Waals surface area contributed by atoms with Gasteiger partial charge in [0.1, 0.15) is 24.3 Å². The van der Waals surface area contributed by atoms with E-state index in [2.05, 4.69) is 17.2 Å². The van der Waals surface area contributed by atoms with Gasteiger partial charge in [0.2, 0.25) is 0 Å². The number of amides is 1. The molecule has 7 heteroatoms. The monoisotopic (exact) mass is 373 g/mol. The molecule has 2 rings (SSSR count). The van der Waals surface area contributed by atoms with Gasteiger partial charge in [0.15, 0.2) is 5.78 Å². The molecule has 0 aromatic heterocycles. The van der Waals surface area contributed by atoms with Crippen LogP contribution in [0.1, 0.15) is 28.4 Å². The predicted molar refractivity (Wildman–Crippen MR) is 93.8 cm³/mol. The van der Waals surface area contributed by atoms with Crippen molar-refractivity contribution >= 4 is 11.7 Å². The van der Waals surface area contributed by atoms with Gasteiger partial charge in [-0.15, -0.1) is 0 Å². The number of carbonyl (C=O) groups excluding carboxylic acids is 2. The summed E-state index contributed by atoms with van der Waals surface area (Å²) in [6.45, 7) is 0.524. The van der Waals surface area contributed by atoms with Crippen LogP contribution in [0.2, 0.25) is 0 Å². The van der Waals surface area contributed by atoms with Crippen molar-refractivity contribution in [3.63, 3.8) is 0 Å². The number of carbonyl (C=O) groups is 2. The van der Waals surface area contributed by atoms with Gasteiger partial charge < -0.3 is 15.5 Å². The van der Waals surface area contributed by atoms with Crippen LogP contribution in [0.4, 0.5) is 8.78 Å². The normalized spacial score (nSPS) is 12.5. The highest BCUT2D eigenvalue weighted by molar-refractivity contribution is 5.98. The Hall–Kier alpha value is -3.08. The summed E-state index contributed by atoms with van der Waals surface area (Å²) in [5.74, 6) is 2.51.